The summed E-state index contributed by atoms with van der Waals surface area (Å²) in [4.78, 5) is 33.1. The first-order valence-corrected chi connectivity index (χ1v) is 6.43. The number of nitrogens with zero attached hydrogens (tertiary/aromatic N) is 1. The molecule has 0 fully saturated rings. The van der Waals surface area contributed by atoms with Gasteiger partial charge < -0.3 is 9.38 Å². The van der Waals surface area contributed by atoms with Crippen LogP contribution in [0.3, 0.4) is 0 Å². The number of Topliss-reactive ketones (excluding diaryl/α,β-unsaturated/α-hetero) is 1. The van der Waals surface area contributed by atoms with Gasteiger partial charge in [0.15, 0.2) is 5.78 Å². The van der Waals surface area contributed by atoms with Crippen molar-refractivity contribution < 1.29 is 19.0 Å². The molecule has 92 valence electrons. The fraction of sp³-hybridized carbons (Fsp3) is 0.636. The lowest BCUT2D eigenvalue weighted by atomic mass is 10.2. The van der Waals surface area contributed by atoms with Crippen molar-refractivity contribution in [3.05, 3.63) is 12.2 Å². The van der Waals surface area contributed by atoms with E-state index in [0.717, 1.165) is 0 Å². The molecule has 2 atom stereocenters. The highest BCUT2D eigenvalue weighted by atomic mass is 31.1. The van der Waals surface area contributed by atoms with E-state index in [2.05, 4.69) is 6.58 Å². The number of hydrogen-bond acceptors (Lipinski definition) is 3. The lowest BCUT2D eigenvalue weighted by molar-refractivity contribution is -0.861. The molecule has 2 unspecified atom stereocenters. The molecule has 0 radical (unpaired) electrons. The molecule has 0 bridgehead atoms. The third-order valence-corrected chi connectivity index (χ3v) is 3.65. The zero-order chi connectivity index (χ0) is 13.1. The summed E-state index contributed by atoms with van der Waals surface area (Å²) in [5.41, 5.74) is -0.511. The van der Waals surface area contributed by atoms with Crippen molar-refractivity contribution in [2.75, 3.05) is 27.7 Å². The Balaban J connectivity index is 4.56. The van der Waals surface area contributed by atoms with Crippen molar-refractivity contribution in [3.8, 4) is 0 Å². The molecule has 16 heavy (non-hydrogen) atoms. The molecule has 1 N–H and O–H groups in total. The highest BCUT2D eigenvalue weighted by Crippen LogP contribution is 2.39. The van der Waals surface area contributed by atoms with E-state index < -0.39 is 13.8 Å². The molecule has 0 saturated heterocycles. The van der Waals surface area contributed by atoms with E-state index >= 15 is 0 Å². The molecule has 0 aliphatic rings. The van der Waals surface area contributed by atoms with Gasteiger partial charge in [0.2, 0.25) is 5.52 Å². The van der Waals surface area contributed by atoms with Gasteiger partial charge in [0.05, 0.1) is 26.8 Å². The summed E-state index contributed by atoms with van der Waals surface area (Å²) >= 11 is 0. The van der Waals surface area contributed by atoms with Crippen LogP contribution in [0.1, 0.15) is 13.8 Å². The lowest BCUT2D eigenvalue weighted by Gasteiger charge is -2.25. The Morgan fingerprint density at radius 1 is 1.38 bits per heavy atom. The molecular weight excluding hydrogens is 225 g/mol. The van der Waals surface area contributed by atoms with Crippen molar-refractivity contribution in [2.45, 2.75) is 19.5 Å². The highest BCUT2D eigenvalue weighted by Gasteiger charge is 2.31. The van der Waals surface area contributed by atoms with Crippen LogP contribution in [-0.4, -0.2) is 54.0 Å². The Bertz CT molecular complexity index is 307. The number of quaternary nitrogens is 1. The maximum Gasteiger partial charge on any atom is 0.235 e. The summed E-state index contributed by atoms with van der Waals surface area (Å²) in [6.07, 6.45) is 0. The average molecular weight is 246 g/mol. The van der Waals surface area contributed by atoms with Crippen molar-refractivity contribution in [3.63, 3.8) is 0 Å². The first-order chi connectivity index (χ1) is 7.06. The summed E-state index contributed by atoms with van der Waals surface area (Å²) < 4.78 is 0.451. The van der Waals surface area contributed by atoms with Gasteiger partial charge in [-0.05, 0) is 19.4 Å². The lowest BCUT2D eigenvalue weighted by Crippen LogP contribution is -2.39. The fourth-order valence-corrected chi connectivity index (χ4v) is 2.61. The minimum Gasteiger partial charge on any atom is -0.365 e. The Kier molecular flexibility index (Phi) is 5.47. The topological polar surface area (TPSA) is 54.4 Å². The van der Waals surface area contributed by atoms with Crippen molar-refractivity contribution in [1.29, 1.82) is 0 Å². The van der Waals surface area contributed by atoms with E-state index in [1.165, 1.54) is 0 Å². The second-order valence-electron chi connectivity index (χ2n) is 5.01. The SMILES string of the molecule is C=C(C)C(=O)C(C)P(O)C(=O)C[N+](C)(C)C. The quantitative estimate of drug-likeness (QED) is 0.434. The number of likely N-dealkylation sites (N-methyl/N-ethyl adjacent to an activating group) is 1. The van der Waals surface area contributed by atoms with E-state index in [1.807, 2.05) is 21.1 Å². The first-order valence-electron chi connectivity index (χ1n) is 5.07. The predicted octanol–water partition coefficient (Wildman–Crippen LogP) is 1.14. The summed E-state index contributed by atoms with van der Waals surface area (Å²) in [7, 11) is 3.70. The molecule has 0 aromatic carbocycles. The average Bonchev–Trinajstić information content (AvgIpc) is 2.11. The summed E-state index contributed by atoms with van der Waals surface area (Å²) in [5.74, 6) is -0.233. The second-order valence-corrected chi connectivity index (χ2v) is 6.97. The van der Waals surface area contributed by atoms with Gasteiger partial charge in [0.1, 0.15) is 14.7 Å². The van der Waals surface area contributed by atoms with Crippen LogP contribution in [0, 0.1) is 0 Å². The smallest absolute Gasteiger partial charge is 0.235 e. The van der Waals surface area contributed by atoms with Crippen LogP contribution >= 0.6 is 8.15 Å². The molecule has 0 aromatic heterocycles. The Labute approximate surface area is 98.4 Å². The van der Waals surface area contributed by atoms with Crippen LogP contribution in [0.4, 0.5) is 0 Å². The van der Waals surface area contributed by atoms with Gasteiger partial charge in [-0.15, -0.1) is 0 Å². The molecule has 0 saturated carbocycles. The highest BCUT2D eigenvalue weighted by molar-refractivity contribution is 7.71. The minimum absolute atomic E-state index is 0.232. The van der Waals surface area contributed by atoms with Crippen molar-refractivity contribution in [2.24, 2.45) is 0 Å². The molecule has 0 aliphatic heterocycles. The third-order valence-electron chi connectivity index (χ3n) is 2.03. The Morgan fingerprint density at radius 2 is 1.81 bits per heavy atom. The van der Waals surface area contributed by atoms with Gasteiger partial charge >= 0.3 is 0 Å². The number of hydrogen-bond donors (Lipinski definition) is 1. The minimum atomic E-state index is -1.90. The molecule has 5 heteroatoms. The largest absolute Gasteiger partial charge is 0.365 e. The standard InChI is InChI=1S/C11H21NO3P/c1-8(2)11(14)9(3)16(15)10(13)7-12(4,5)6/h9,15H,1,7H2,2-6H3/q+1. The fourth-order valence-electron chi connectivity index (χ4n) is 1.16. The van der Waals surface area contributed by atoms with E-state index in [4.69, 9.17) is 0 Å². The first kappa shape index (κ1) is 15.4. The molecule has 0 aromatic rings. The normalized spacial score (nSPS) is 15.4. The number of carbonyl (C=O) groups excluding carboxylic acids is 2. The number of allylic oxidation sites excluding steroid dienone is 1. The van der Waals surface area contributed by atoms with Gasteiger partial charge in [0, 0.05) is 0 Å². The maximum atomic E-state index is 11.7. The van der Waals surface area contributed by atoms with Gasteiger partial charge in [-0.25, -0.2) is 0 Å². The second kappa shape index (κ2) is 5.67. The Hall–Kier alpha value is -0.570. The molecule has 0 spiro atoms. The number of ketones is 1. The summed E-state index contributed by atoms with van der Waals surface area (Å²) in [5, 5.41) is 0. The molecule has 4 nitrogen and oxygen atoms in total. The zero-order valence-corrected chi connectivity index (χ0v) is 11.5. The van der Waals surface area contributed by atoms with Crippen LogP contribution < -0.4 is 0 Å². The number of carbonyl (C=O) groups is 2. The van der Waals surface area contributed by atoms with Crippen LogP contribution in [0.2, 0.25) is 0 Å². The molecule has 0 heterocycles. The van der Waals surface area contributed by atoms with Gasteiger partial charge in [-0.3, -0.25) is 9.59 Å². The van der Waals surface area contributed by atoms with Gasteiger partial charge in [-0.2, -0.15) is 0 Å². The van der Waals surface area contributed by atoms with E-state index in [9.17, 15) is 14.5 Å². The predicted molar refractivity (Wildman–Crippen MR) is 66.3 cm³/mol. The van der Waals surface area contributed by atoms with Gasteiger partial charge in [-0.1, -0.05) is 6.58 Å². The van der Waals surface area contributed by atoms with Crippen LogP contribution in [0.5, 0.6) is 0 Å². The van der Waals surface area contributed by atoms with Crippen molar-refractivity contribution >= 4 is 19.5 Å². The molecule has 0 aliphatic carbocycles. The van der Waals surface area contributed by atoms with Gasteiger partial charge in [0.25, 0.3) is 0 Å². The van der Waals surface area contributed by atoms with E-state index in [-0.39, 0.29) is 17.9 Å². The van der Waals surface area contributed by atoms with E-state index in [0.29, 0.717) is 10.1 Å². The van der Waals surface area contributed by atoms with Crippen molar-refractivity contribution in [1.82, 2.24) is 0 Å². The monoisotopic (exact) mass is 246 g/mol. The maximum absolute atomic E-state index is 11.7. The molecule has 0 rings (SSSR count). The van der Waals surface area contributed by atoms with Crippen LogP contribution in [0.15, 0.2) is 12.2 Å². The molecular formula is C11H21NO3P+. The summed E-state index contributed by atoms with van der Waals surface area (Å²) in [6.45, 7) is 6.93. The molecule has 0 amide bonds. The van der Waals surface area contributed by atoms with Crippen LogP contribution in [0.25, 0.3) is 0 Å². The Morgan fingerprint density at radius 3 is 2.12 bits per heavy atom. The van der Waals surface area contributed by atoms with E-state index in [1.54, 1.807) is 13.8 Å². The summed E-state index contributed by atoms with van der Waals surface area (Å²) in [6, 6.07) is 0. The number of rotatable bonds is 6. The van der Waals surface area contributed by atoms with Crippen LogP contribution in [-0.2, 0) is 9.59 Å². The zero-order valence-electron chi connectivity index (χ0n) is 10.6. The third kappa shape index (κ3) is 4.97.